The summed E-state index contributed by atoms with van der Waals surface area (Å²) >= 11 is 0. The standard InChI is InChI=1S/C16H32N2O/c1-17(8-10-19-11-9-17)6-3-7-18(2)13-15-4-5-16(12-15)14-18/h15-16H,3-14H2,1-2H3/q+2. The van der Waals surface area contributed by atoms with Gasteiger partial charge in [0, 0.05) is 18.3 Å². The number of likely N-dealkylation sites (N-methyl/N-ethyl adjacent to an activating group) is 1. The first-order valence-electron chi connectivity index (χ1n) is 8.32. The van der Waals surface area contributed by atoms with Gasteiger partial charge >= 0.3 is 0 Å². The number of nitrogens with zero attached hydrogens (tertiary/aromatic N) is 2. The lowest BCUT2D eigenvalue weighted by atomic mass is 9.96. The van der Waals surface area contributed by atoms with Crippen molar-refractivity contribution in [3.63, 3.8) is 0 Å². The molecule has 2 unspecified atom stereocenters. The minimum atomic E-state index is 0.965. The lowest BCUT2D eigenvalue weighted by Gasteiger charge is -2.43. The van der Waals surface area contributed by atoms with Gasteiger partial charge in [0.05, 0.1) is 53.5 Å². The molecule has 2 aliphatic heterocycles. The number of piperidine rings is 1. The largest absolute Gasteiger partial charge is 0.370 e. The van der Waals surface area contributed by atoms with E-state index in [1.54, 1.807) is 6.42 Å². The Kier molecular flexibility index (Phi) is 3.89. The van der Waals surface area contributed by atoms with Crippen LogP contribution in [0.4, 0.5) is 0 Å². The SMILES string of the molecule is C[N+]1(CCC[N+]2(C)CC3CCC(C3)C2)CCOCC1. The van der Waals surface area contributed by atoms with Crippen LogP contribution in [-0.4, -0.2) is 75.5 Å². The molecular weight excluding hydrogens is 236 g/mol. The van der Waals surface area contributed by atoms with Crippen LogP contribution in [0.15, 0.2) is 0 Å². The quantitative estimate of drug-likeness (QED) is 0.706. The number of quaternary nitrogens is 2. The summed E-state index contributed by atoms with van der Waals surface area (Å²) in [7, 11) is 4.94. The van der Waals surface area contributed by atoms with Crippen LogP contribution in [0, 0.1) is 11.8 Å². The van der Waals surface area contributed by atoms with Gasteiger partial charge in [-0.05, 0) is 19.3 Å². The van der Waals surface area contributed by atoms with Crippen molar-refractivity contribution in [1.82, 2.24) is 0 Å². The highest BCUT2D eigenvalue weighted by Crippen LogP contribution is 2.39. The molecule has 0 spiro atoms. The van der Waals surface area contributed by atoms with E-state index < -0.39 is 0 Å². The molecule has 0 N–H and O–H groups in total. The molecule has 1 saturated carbocycles. The van der Waals surface area contributed by atoms with Gasteiger partial charge in [0.2, 0.25) is 0 Å². The van der Waals surface area contributed by atoms with Gasteiger partial charge in [-0.3, -0.25) is 0 Å². The van der Waals surface area contributed by atoms with Crippen LogP contribution in [0.5, 0.6) is 0 Å². The van der Waals surface area contributed by atoms with Gasteiger partial charge in [-0.2, -0.15) is 0 Å². The normalized spacial score (nSPS) is 41.4. The zero-order chi connectivity index (χ0) is 13.3. The van der Waals surface area contributed by atoms with Crippen molar-refractivity contribution in [1.29, 1.82) is 0 Å². The second kappa shape index (κ2) is 5.34. The number of ether oxygens (including phenoxy) is 1. The molecule has 0 amide bonds. The average molecular weight is 268 g/mol. The summed E-state index contributed by atoms with van der Waals surface area (Å²) in [5, 5.41) is 0. The predicted molar refractivity (Wildman–Crippen MR) is 77.8 cm³/mol. The highest BCUT2D eigenvalue weighted by molar-refractivity contribution is 4.79. The third kappa shape index (κ3) is 3.32. The Morgan fingerprint density at radius 2 is 1.47 bits per heavy atom. The third-order valence-electron chi connectivity index (χ3n) is 5.99. The van der Waals surface area contributed by atoms with Crippen LogP contribution in [0.1, 0.15) is 25.7 Å². The molecule has 110 valence electrons. The third-order valence-corrected chi connectivity index (χ3v) is 5.99. The van der Waals surface area contributed by atoms with Crippen LogP contribution in [0.2, 0.25) is 0 Å². The van der Waals surface area contributed by atoms with E-state index in [2.05, 4.69) is 14.1 Å². The van der Waals surface area contributed by atoms with Crippen molar-refractivity contribution in [3.05, 3.63) is 0 Å². The molecule has 3 heteroatoms. The Hall–Kier alpha value is -0.120. The molecule has 2 saturated heterocycles. The van der Waals surface area contributed by atoms with Crippen LogP contribution in [0.25, 0.3) is 0 Å². The first kappa shape index (κ1) is 13.8. The highest BCUT2D eigenvalue weighted by atomic mass is 16.5. The molecule has 3 rings (SSSR count). The zero-order valence-corrected chi connectivity index (χ0v) is 12.9. The van der Waals surface area contributed by atoms with Crippen LogP contribution >= 0.6 is 0 Å². The van der Waals surface area contributed by atoms with E-state index in [0.29, 0.717) is 0 Å². The molecule has 0 aromatic rings. The van der Waals surface area contributed by atoms with Gasteiger partial charge in [0.15, 0.2) is 0 Å². The van der Waals surface area contributed by atoms with Gasteiger partial charge < -0.3 is 13.7 Å². The fourth-order valence-electron chi connectivity index (χ4n) is 4.86. The summed E-state index contributed by atoms with van der Waals surface area (Å²) < 4.78 is 8.11. The lowest BCUT2D eigenvalue weighted by Crippen LogP contribution is -2.55. The number of hydrogen-bond acceptors (Lipinski definition) is 1. The van der Waals surface area contributed by atoms with Crippen molar-refractivity contribution >= 4 is 0 Å². The van der Waals surface area contributed by atoms with E-state index >= 15 is 0 Å². The molecule has 0 aromatic heterocycles. The summed E-state index contributed by atoms with van der Waals surface area (Å²) in [6.07, 6.45) is 5.97. The summed E-state index contributed by atoms with van der Waals surface area (Å²) in [4.78, 5) is 0. The molecule has 3 aliphatic rings. The van der Waals surface area contributed by atoms with Crippen molar-refractivity contribution in [2.45, 2.75) is 25.7 Å². The number of hydrogen-bond donors (Lipinski definition) is 0. The Balaban J connectivity index is 1.46. The molecule has 19 heavy (non-hydrogen) atoms. The fourth-order valence-corrected chi connectivity index (χ4v) is 4.86. The summed E-state index contributed by atoms with van der Waals surface area (Å²) in [5.41, 5.74) is 0. The maximum absolute atomic E-state index is 5.50. The van der Waals surface area contributed by atoms with Crippen LogP contribution in [0.3, 0.4) is 0 Å². The Morgan fingerprint density at radius 1 is 0.895 bits per heavy atom. The van der Waals surface area contributed by atoms with E-state index in [4.69, 9.17) is 4.74 Å². The molecule has 2 heterocycles. The average Bonchev–Trinajstić information content (AvgIpc) is 2.70. The Labute approximate surface area is 118 Å². The molecule has 2 bridgehead atoms. The van der Waals surface area contributed by atoms with Gasteiger partial charge in [0.25, 0.3) is 0 Å². The van der Waals surface area contributed by atoms with E-state index in [0.717, 1.165) is 25.0 Å². The maximum atomic E-state index is 5.50. The topological polar surface area (TPSA) is 9.23 Å². The van der Waals surface area contributed by atoms with Gasteiger partial charge in [-0.25, -0.2) is 0 Å². The molecule has 0 aromatic carbocycles. The summed E-state index contributed by atoms with van der Waals surface area (Å²) in [6, 6.07) is 0. The first-order valence-corrected chi connectivity index (χ1v) is 8.32. The van der Waals surface area contributed by atoms with Gasteiger partial charge in [-0.15, -0.1) is 0 Å². The summed E-state index contributed by atoms with van der Waals surface area (Å²) in [6.45, 7) is 10.0. The van der Waals surface area contributed by atoms with Crippen LogP contribution in [-0.2, 0) is 4.74 Å². The minimum absolute atomic E-state index is 0.965. The number of rotatable bonds is 4. The van der Waals surface area contributed by atoms with Gasteiger partial charge in [0.1, 0.15) is 13.1 Å². The Morgan fingerprint density at radius 3 is 2.11 bits per heavy atom. The number of likely N-dealkylation sites (tertiary alicyclic amines) is 1. The van der Waals surface area contributed by atoms with Crippen molar-refractivity contribution in [2.24, 2.45) is 11.8 Å². The predicted octanol–water partition coefficient (Wildman–Crippen LogP) is 1.73. The maximum Gasteiger partial charge on any atom is 0.102 e. The molecule has 0 radical (unpaired) electrons. The molecule has 3 fully saturated rings. The van der Waals surface area contributed by atoms with E-state index in [1.165, 1.54) is 67.5 Å². The zero-order valence-electron chi connectivity index (χ0n) is 12.9. The smallest absolute Gasteiger partial charge is 0.102 e. The van der Waals surface area contributed by atoms with Crippen molar-refractivity contribution in [3.8, 4) is 0 Å². The Bertz CT molecular complexity index is 300. The van der Waals surface area contributed by atoms with E-state index in [1.807, 2.05) is 0 Å². The fraction of sp³-hybridized carbons (Fsp3) is 1.00. The lowest BCUT2D eigenvalue weighted by molar-refractivity contribution is -0.936. The monoisotopic (exact) mass is 268 g/mol. The van der Waals surface area contributed by atoms with E-state index in [-0.39, 0.29) is 0 Å². The minimum Gasteiger partial charge on any atom is -0.370 e. The van der Waals surface area contributed by atoms with E-state index in [9.17, 15) is 0 Å². The molecule has 3 nitrogen and oxygen atoms in total. The highest BCUT2D eigenvalue weighted by Gasteiger charge is 2.41. The number of morpholine rings is 1. The first-order chi connectivity index (χ1) is 9.07. The second-order valence-corrected chi connectivity index (χ2v) is 8.01. The van der Waals surface area contributed by atoms with Crippen molar-refractivity contribution in [2.75, 3.05) is 66.6 Å². The summed E-state index contributed by atoms with van der Waals surface area (Å²) in [5.74, 6) is 2.11. The second-order valence-electron chi connectivity index (χ2n) is 8.01. The van der Waals surface area contributed by atoms with Crippen molar-refractivity contribution < 1.29 is 13.7 Å². The molecular formula is C16H32N2O+2. The molecule has 1 aliphatic carbocycles. The molecule has 2 atom stereocenters. The number of fused-ring (bicyclic) bond motifs is 2. The van der Waals surface area contributed by atoms with Gasteiger partial charge in [-0.1, -0.05) is 0 Å². The van der Waals surface area contributed by atoms with Crippen LogP contribution < -0.4 is 0 Å².